The molecular formula is C14H17NO. The number of nitrogens with zero attached hydrogens (tertiary/aromatic N) is 1. The first-order valence-electron chi connectivity index (χ1n) is 5.77. The molecule has 1 aliphatic rings. The molecular weight excluding hydrogens is 198 g/mol. The zero-order valence-electron chi connectivity index (χ0n) is 9.86. The lowest BCUT2D eigenvalue weighted by Gasteiger charge is -2.24. The molecule has 0 unspecified atom stereocenters. The van der Waals surface area contributed by atoms with Crippen molar-refractivity contribution < 1.29 is 4.79 Å². The van der Waals surface area contributed by atoms with Crippen molar-refractivity contribution in [2.45, 2.75) is 32.1 Å². The summed E-state index contributed by atoms with van der Waals surface area (Å²) in [4.78, 5) is 14.1. The predicted octanol–water partition coefficient (Wildman–Crippen LogP) is 3.23. The van der Waals surface area contributed by atoms with Gasteiger partial charge in [0.1, 0.15) is 0 Å². The fourth-order valence-electron chi connectivity index (χ4n) is 2.66. The Morgan fingerprint density at radius 1 is 1.31 bits per heavy atom. The van der Waals surface area contributed by atoms with E-state index in [1.54, 1.807) is 11.1 Å². The summed E-state index contributed by atoms with van der Waals surface area (Å²) in [5.41, 5.74) is 1.79. The van der Waals surface area contributed by atoms with Crippen LogP contribution in [0.25, 0.3) is 0 Å². The standard InChI is InChI=1S/C14H17NO/c1-4-14(5-2)11-9-7-8-10-12(11)15(6-3)13(14)16/h6-10H,3-5H2,1-2H3. The molecule has 2 rings (SSSR count). The SMILES string of the molecule is C=CN1C(=O)C(CC)(CC)c2ccccc21. The van der Waals surface area contributed by atoms with Crippen LogP contribution in [0.3, 0.4) is 0 Å². The third-order valence-electron chi connectivity index (χ3n) is 3.70. The van der Waals surface area contributed by atoms with Crippen LogP contribution in [0.4, 0.5) is 5.69 Å². The minimum atomic E-state index is -0.342. The summed E-state index contributed by atoms with van der Waals surface area (Å²) < 4.78 is 0. The van der Waals surface area contributed by atoms with Crippen LogP contribution in [-0.2, 0) is 10.2 Å². The van der Waals surface area contributed by atoms with Gasteiger partial charge in [0.15, 0.2) is 0 Å². The number of hydrogen-bond acceptors (Lipinski definition) is 1. The van der Waals surface area contributed by atoms with E-state index >= 15 is 0 Å². The second-order valence-electron chi connectivity index (χ2n) is 4.16. The number of benzene rings is 1. The van der Waals surface area contributed by atoms with E-state index in [4.69, 9.17) is 0 Å². The van der Waals surface area contributed by atoms with Crippen molar-refractivity contribution in [2.75, 3.05) is 4.90 Å². The maximum Gasteiger partial charge on any atom is 0.241 e. The third kappa shape index (κ3) is 1.16. The summed E-state index contributed by atoms with van der Waals surface area (Å²) in [6.45, 7) is 7.88. The number of carbonyl (C=O) groups excluding carboxylic acids is 1. The first-order chi connectivity index (χ1) is 7.71. The van der Waals surface area contributed by atoms with Gasteiger partial charge in [-0.25, -0.2) is 0 Å². The first-order valence-corrected chi connectivity index (χ1v) is 5.77. The average molecular weight is 215 g/mol. The molecule has 1 aromatic rings. The minimum absolute atomic E-state index is 0.161. The zero-order valence-corrected chi connectivity index (χ0v) is 9.86. The zero-order chi connectivity index (χ0) is 11.8. The van der Waals surface area contributed by atoms with Crippen LogP contribution in [0, 0.1) is 0 Å². The van der Waals surface area contributed by atoms with Gasteiger partial charge in [0.05, 0.1) is 11.1 Å². The van der Waals surface area contributed by atoms with Crippen LogP contribution in [0.2, 0.25) is 0 Å². The van der Waals surface area contributed by atoms with E-state index < -0.39 is 0 Å². The van der Waals surface area contributed by atoms with Gasteiger partial charge in [-0.05, 0) is 24.5 Å². The van der Waals surface area contributed by atoms with Crippen LogP contribution in [0.1, 0.15) is 32.3 Å². The van der Waals surface area contributed by atoms with Gasteiger partial charge in [0.25, 0.3) is 0 Å². The number of para-hydroxylation sites is 1. The van der Waals surface area contributed by atoms with Gasteiger partial charge in [0.2, 0.25) is 5.91 Å². The summed E-state index contributed by atoms with van der Waals surface area (Å²) >= 11 is 0. The molecule has 0 aromatic heterocycles. The fraction of sp³-hybridized carbons (Fsp3) is 0.357. The Labute approximate surface area is 96.6 Å². The quantitative estimate of drug-likeness (QED) is 0.758. The van der Waals surface area contributed by atoms with E-state index in [9.17, 15) is 4.79 Å². The topological polar surface area (TPSA) is 20.3 Å². The molecule has 0 saturated heterocycles. The highest BCUT2D eigenvalue weighted by Crippen LogP contribution is 2.45. The molecule has 0 fully saturated rings. The van der Waals surface area contributed by atoms with E-state index in [0.29, 0.717) is 0 Å². The number of anilines is 1. The number of carbonyl (C=O) groups is 1. The average Bonchev–Trinajstić information content (AvgIpc) is 2.58. The molecule has 0 N–H and O–H groups in total. The van der Waals surface area contributed by atoms with Gasteiger partial charge < -0.3 is 0 Å². The summed E-state index contributed by atoms with van der Waals surface area (Å²) in [5.74, 6) is 0.161. The smallest absolute Gasteiger partial charge is 0.241 e. The first kappa shape index (κ1) is 10.9. The molecule has 1 aliphatic heterocycles. The van der Waals surface area contributed by atoms with E-state index in [1.165, 1.54) is 0 Å². The Morgan fingerprint density at radius 3 is 2.50 bits per heavy atom. The minimum Gasteiger partial charge on any atom is -0.287 e. The Kier molecular flexibility index (Phi) is 2.58. The van der Waals surface area contributed by atoms with Crippen molar-refractivity contribution in [3.8, 4) is 0 Å². The third-order valence-corrected chi connectivity index (χ3v) is 3.70. The van der Waals surface area contributed by atoms with Gasteiger partial charge in [-0.15, -0.1) is 0 Å². The molecule has 0 radical (unpaired) electrons. The van der Waals surface area contributed by atoms with Gasteiger partial charge in [-0.3, -0.25) is 9.69 Å². The summed E-state index contributed by atoms with van der Waals surface area (Å²) in [7, 11) is 0. The van der Waals surface area contributed by atoms with Crippen LogP contribution in [0.5, 0.6) is 0 Å². The maximum atomic E-state index is 12.4. The van der Waals surface area contributed by atoms with E-state index in [2.05, 4.69) is 26.5 Å². The Morgan fingerprint density at radius 2 is 1.94 bits per heavy atom. The van der Waals surface area contributed by atoms with Crippen molar-refractivity contribution in [1.29, 1.82) is 0 Å². The Bertz CT molecular complexity index is 432. The van der Waals surface area contributed by atoms with Gasteiger partial charge in [-0.1, -0.05) is 38.6 Å². The molecule has 0 aliphatic carbocycles. The highest BCUT2D eigenvalue weighted by molar-refractivity contribution is 6.09. The monoisotopic (exact) mass is 215 g/mol. The van der Waals surface area contributed by atoms with Crippen LogP contribution >= 0.6 is 0 Å². The molecule has 16 heavy (non-hydrogen) atoms. The van der Waals surface area contributed by atoms with Crippen LogP contribution in [-0.4, -0.2) is 5.91 Å². The van der Waals surface area contributed by atoms with E-state index in [0.717, 1.165) is 24.1 Å². The summed E-state index contributed by atoms with van der Waals surface area (Å²) in [6, 6.07) is 8.01. The molecule has 1 amide bonds. The number of amides is 1. The molecule has 0 atom stereocenters. The highest BCUT2D eigenvalue weighted by Gasteiger charge is 2.47. The normalized spacial score (nSPS) is 17.4. The van der Waals surface area contributed by atoms with Crippen molar-refractivity contribution in [1.82, 2.24) is 0 Å². The summed E-state index contributed by atoms with van der Waals surface area (Å²) in [5, 5.41) is 0. The molecule has 0 bridgehead atoms. The van der Waals surface area contributed by atoms with Crippen molar-refractivity contribution in [3.05, 3.63) is 42.6 Å². The lowest BCUT2D eigenvalue weighted by molar-refractivity contribution is -0.122. The second kappa shape index (κ2) is 3.78. The lowest BCUT2D eigenvalue weighted by atomic mass is 9.77. The molecule has 2 heteroatoms. The number of hydrogen-bond donors (Lipinski definition) is 0. The Balaban J connectivity index is 2.67. The van der Waals surface area contributed by atoms with Gasteiger partial charge in [0, 0.05) is 6.20 Å². The van der Waals surface area contributed by atoms with E-state index in [-0.39, 0.29) is 11.3 Å². The van der Waals surface area contributed by atoms with Gasteiger partial charge in [-0.2, -0.15) is 0 Å². The number of fused-ring (bicyclic) bond motifs is 1. The second-order valence-corrected chi connectivity index (χ2v) is 4.16. The highest BCUT2D eigenvalue weighted by atomic mass is 16.2. The molecule has 2 nitrogen and oxygen atoms in total. The van der Waals surface area contributed by atoms with Crippen molar-refractivity contribution >= 4 is 11.6 Å². The lowest BCUT2D eigenvalue weighted by Crippen LogP contribution is -2.37. The molecule has 84 valence electrons. The summed E-state index contributed by atoms with van der Waals surface area (Å²) in [6.07, 6.45) is 3.29. The fourth-order valence-corrected chi connectivity index (χ4v) is 2.66. The van der Waals surface area contributed by atoms with Crippen molar-refractivity contribution in [3.63, 3.8) is 0 Å². The largest absolute Gasteiger partial charge is 0.287 e. The predicted molar refractivity (Wildman–Crippen MR) is 66.4 cm³/mol. The molecule has 0 spiro atoms. The maximum absolute atomic E-state index is 12.4. The number of rotatable bonds is 3. The Hall–Kier alpha value is -1.57. The molecule has 1 heterocycles. The van der Waals surface area contributed by atoms with Crippen LogP contribution < -0.4 is 4.90 Å². The molecule has 0 saturated carbocycles. The van der Waals surface area contributed by atoms with Crippen molar-refractivity contribution in [2.24, 2.45) is 0 Å². The van der Waals surface area contributed by atoms with Crippen LogP contribution in [0.15, 0.2) is 37.0 Å². The van der Waals surface area contributed by atoms with Gasteiger partial charge >= 0.3 is 0 Å². The molecule has 1 aromatic carbocycles. The van der Waals surface area contributed by atoms with E-state index in [1.807, 2.05) is 18.2 Å².